The van der Waals surface area contributed by atoms with E-state index in [0.717, 1.165) is 31.7 Å². The van der Waals surface area contributed by atoms with Crippen LogP contribution in [0.25, 0.3) is 10.8 Å². The summed E-state index contributed by atoms with van der Waals surface area (Å²) in [6, 6.07) is 12.7. The molecular weight excluding hydrogens is 260 g/mol. The van der Waals surface area contributed by atoms with Gasteiger partial charge in [0.05, 0.1) is 5.60 Å². The zero-order valence-electron chi connectivity index (χ0n) is 12.9. The Labute approximate surface area is 126 Å². The number of hydrogen-bond acceptors (Lipinski definition) is 3. The molecule has 1 fully saturated rings. The third-order valence-electron chi connectivity index (χ3n) is 4.63. The summed E-state index contributed by atoms with van der Waals surface area (Å²) in [7, 11) is 1.81. The average molecular weight is 284 g/mol. The fraction of sp³-hybridized carbons (Fsp3) is 0.444. The van der Waals surface area contributed by atoms with Crippen molar-refractivity contribution >= 4 is 16.5 Å². The highest BCUT2D eigenvalue weighted by atomic mass is 16.5. The first kappa shape index (κ1) is 14.4. The molecule has 2 N–H and O–H groups in total. The van der Waals surface area contributed by atoms with Crippen LogP contribution in [0.1, 0.15) is 25.3 Å². The van der Waals surface area contributed by atoms with Gasteiger partial charge >= 0.3 is 0 Å². The Hall–Kier alpha value is -1.58. The number of hydrogen-bond donors (Lipinski definition) is 1. The monoisotopic (exact) mass is 284 g/mol. The van der Waals surface area contributed by atoms with Crippen LogP contribution in [0, 0.1) is 0 Å². The number of piperidine rings is 1. The first-order chi connectivity index (χ1) is 10.1. The van der Waals surface area contributed by atoms with Gasteiger partial charge in [0.15, 0.2) is 0 Å². The number of nitrogens with two attached hydrogens (primary N) is 1. The molecule has 2 aromatic carbocycles. The summed E-state index contributed by atoms with van der Waals surface area (Å²) >= 11 is 0. The van der Waals surface area contributed by atoms with Gasteiger partial charge in [-0.2, -0.15) is 0 Å². The summed E-state index contributed by atoms with van der Waals surface area (Å²) in [6.45, 7) is 5.18. The summed E-state index contributed by atoms with van der Waals surface area (Å²) in [6.07, 6.45) is 2.31. The molecule has 3 nitrogen and oxygen atoms in total. The molecule has 0 bridgehead atoms. The second-order valence-electron chi connectivity index (χ2n) is 6.37. The highest BCUT2D eigenvalue weighted by molar-refractivity contribution is 5.86. The number of ether oxygens (including phenoxy) is 1. The molecule has 3 heteroatoms. The van der Waals surface area contributed by atoms with Crippen LogP contribution in [0.4, 0.5) is 5.69 Å². The molecule has 0 amide bonds. The van der Waals surface area contributed by atoms with Gasteiger partial charge in [-0.1, -0.05) is 24.3 Å². The summed E-state index contributed by atoms with van der Waals surface area (Å²) in [5, 5.41) is 2.47. The Morgan fingerprint density at radius 3 is 2.67 bits per heavy atom. The van der Waals surface area contributed by atoms with Gasteiger partial charge in [0.1, 0.15) is 0 Å². The predicted molar refractivity (Wildman–Crippen MR) is 88.3 cm³/mol. The number of anilines is 1. The minimum Gasteiger partial charge on any atom is -0.398 e. The lowest BCUT2D eigenvalue weighted by Crippen LogP contribution is -2.46. The second kappa shape index (κ2) is 5.66. The van der Waals surface area contributed by atoms with Crippen LogP contribution in [0.2, 0.25) is 0 Å². The summed E-state index contributed by atoms with van der Waals surface area (Å²) in [5.41, 5.74) is 8.33. The van der Waals surface area contributed by atoms with Gasteiger partial charge in [0, 0.05) is 25.9 Å². The van der Waals surface area contributed by atoms with Crippen LogP contribution in [-0.4, -0.2) is 30.7 Å². The van der Waals surface area contributed by atoms with Crippen molar-refractivity contribution in [1.29, 1.82) is 0 Å². The lowest BCUT2D eigenvalue weighted by Gasteiger charge is -2.39. The zero-order valence-corrected chi connectivity index (χ0v) is 12.9. The van der Waals surface area contributed by atoms with Crippen LogP contribution in [-0.2, 0) is 11.3 Å². The van der Waals surface area contributed by atoms with Gasteiger partial charge in [0.2, 0.25) is 0 Å². The molecule has 0 spiro atoms. The van der Waals surface area contributed by atoms with Crippen molar-refractivity contribution in [2.24, 2.45) is 0 Å². The second-order valence-corrected chi connectivity index (χ2v) is 6.37. The third-order valence-corrected chi connectivity index (χ3v) is 4.63. The molecule has 1 unspecified atom stereocenters. The van der Waals surface area contributed by atoms with Crippen molar-refractivity contribution in [3.8, 4) is 0 Å². The molecular formula is C18H24N2O. The Bertz CT molecular complexity index is 640. The molecule has 0 radical (unpaired) electrons. The fourth-order valence-corrected chi connectivity index (χ4v) is 3.29. The minimum atomic E-state index is -0.0239. The highest BCUT2D eigenvalue weighted by Crippen LogP contribution is 2.28. The van der Waals surface area contributed by atoms with Crippen molar-refractivity contribution in [3.05, 3.63) is 42.0 Å². The van der Waals surface area contributed by atoms with Crippen molar-refractivity contribution in [3.63, 3.8) is 0 Å². The van der Waals surface area contributed by atoms with Gasteiger partial charge in [-0.15, -0.1) is 0 Å². The van der Waals surface area contributed by atoms with E-state index >= 15 is 0 Å². The maximum absolute atomic E-state index is 6.25. The van der Waals surface area contributed by atoms with Crippen LogP contribution in [0.15, 0.2) is 36.4 Å². The van der Waals surface area contributed by atoms with Crippen LogP contribution < -0.4 is 5.73 Å². The van der Waals surface area contributed by atoms with Gasteiger partial charge in [0.25, 0.3) is 0 Å². The number of nitrogen functional groups attached to an aromatic ring is 1. The number of nitrogens with zero attached hydrogens (tertiary/aromatic N) is 1. The van der Waals surface area contributed by atoms with Crippen LogP contribution in [0.5, 0.6) is 0 Å². The van der Waals surface area contributed by atoms with E-state index in [4.69, 9.17) is 10.5 Å². The molecule has 1 atom stereocenters. The standard InChI is InChI=1S/C18H24N2O/c1-18(21-2)8-5-9-20(13-18)12-16-10-14-6-3-4-7-15(14)11-17(16)19/h3-4,6-7,10-11H,5,8-9,12-13,19H2,1-2H3. The van der Waals surface area contributed by atoms with Gasteiger partial charge in [-0.3, -0.25) is 4.90 Å². The van der Waals surface area contributed by atoms with E-state index in [0.29, 0.717) is 0 Å². The molecule has 3 rings (SSSR count). The summed E-state index contributed by atoms with van der Waals surface area (Å²) in [5.74, 6) is 0. The lowest BCUT2D eigenvalue weighted by molar-refractivity contribution is -0.0526. The third kappa shape index (κ3) is 3.04. The molecule has 112 valence electrons. The van der Waals surface area contributed by atoms with Gasteiger partial charge < -0.3 is 10.5 Å². The maximum atomic E-state index is 6.25. The molecule has 0 saturated carbocycles. The SMILES string of the molecule is COC1(C)CCCN(Cc2cc3ccccc3cc2N)C1. The highest BCUT2D eigenvalue weighted by Gasteiger charge is 2.30. The summed E-state index contributed by atoms with van der Waals surface area (Å²) in [4.78, 5) is 2.45. The van der Waals surface area contributed by atoms with Gasteiger partial charge in [-0.25, -0.2) is 0 Å². The normalized spacial score (nSPS) is 23.5. The lowest BCUT2D eigenvalue weighted by atomic mass is 9.94. The topological polar surface area (TPSA) is 38.5 Å². The molecule has 0 aromatic heterocycles. The van der Waals surface area contributed by atoms with E-state index in [1.54, 1.807) is 0 Å². The van der Waals surface area contributed by atoms with Crippen molar-refractivity contribution in [2.45, 2.75) is 31.9 Å². The molecule has 0 aliphatic carbocycles. The number of methoxy groups -OCH3 is 1. The zero-order chi connectivity index (χ0) is 14.9. The van der Waals surface area contributed by atoms with Crippen molar-refractivity contribution < 1.29 is 4.74 Å². The predicted octanol–water partition coefficient (Wildman–Crippen LogP) is 3.42. The number of rotatable bonds is 3. The van der Waals surface area contributed by atoms with Crippen LogP contribution >= 0.6 is 0 Å². The Kier molecular flexibility index (Phi) is 3.87. The van der Waals surface area contributed by atoms with Crippen LogP contribution in [0.3, 0.4) is 0 Å². The average Bonchev–Trinajstić information content (AvgIpc) is 2.48. The molecule has 1 aliphatic rings. The van der Waals surface area contributed by atoms with Gasteiger partial charge in [-0.05, 0) is 54.8 Å². The van der Waals surface area contributed by atoms with E-state index in [-0.39, 0.29) is 5.60 Å². The fourth-order valence-electron chi connectivity index (χ4n) is 3.29. The Morgan fingerprint density at radius 1 is 1.24 bits per heavy atom. The Balaban J connectivity index is 1.82. The first-order valence-corrected chi connectivity index (χ1v) is 7.64. The van der Waals surface area contributed by atoms with E-state index in [1.165, 1.54) is 22.8 Å². The molecule has 2 aromatic rings. The molecule has 1 aliphatic heterocycles. The van der Waals surface area contributed by atoms with Crippen molar-refractivity contribution in [2.75, 3.05) is 25.9 Å². The van der Waals surface area contributed by atoms with E-state index < -0.39 is 0 Å². The summed E-state index contributed by atoms with van der Waals surface area (Å²) < 4.78 is 5.67. The maximum Gasteiger partial charge on any atom is 0.0777 e. The minimum absolute atomic E-state index is 0.0239. The first-order valence-electron chi connectivity index (χ1n) is 7.64. The molecule has 21 heavy (non-hydrogen) atoms. The largest absolute Gasteiger partial charge is 0.398 e. The van der Waals surface area contributed by atoms with E-state index in [2.05, 4.69) is 48.2 Å². The van der Waals surface area contributed by atoms with E-state index in [1.807, 2.05) is 7.11 Å². The molecule has 1 saturated heterocycles. The number of likely N-dealkylation sites (tertiary alicyclic amines) is 1. The van der Waals surface area contributed by atoms with E-state index in [9.17, 15) is 0 Å². The smallest absolute Gasteiger partial charge is 0.0777 e. The number of fused-ring (bicyclic) bond motifs is 1. The van der Waals surface area contributed by atoms with Crippen molar-refractivity contribution in [1.82, 2.24) is 4.90 Å². The Morgan fingerprint density at radius 2 is 1.95 bits per heavy atom. The molecule has 1 heterocycles. The number of benzene rings is 2. The quantitative estimate of drug-likeness (QED) is 0.878.